The lowest BCUT2D eigenvalue weighted by atomic mass is 10.4. The lowest BCUT2D eigenvalue weighted by Crippen LogP contribution is -2.43. The largest absolute Gasteiger partial charge is 0.519 e. The second-order valence-electron chi connectivity index (χ2n) is 6.69. The van der Waals surface area contributed by atoms with Crippen molar-refractivity contribution in [2.45, 2.75) is 59.0 Å². The minimum atomic E-state index is -1.63. The molecule has 0 rings (SSSR count). The average molecular weight is 323 g/mol. The zero-order valence-electron chi connectivity index (χ0n) is 13.9. The van der Waals surface area contributed by atoms with Crippen LogP contribution in [0.2, 0.25) is 39.3 Å². The molecule has 0 N–H and O–H groups in total. The predicted octanol–water partition coefficient (Wildman–Crippen LogP) is 2.97. The van der Waals surface area contributed by atoms with E-state index in [1.165, 1.54) is 0 Å². The second-order valence-corrected chi connectivity index (χ2v) is 16.9. The maximum absolute atomic E-state index is 6.10. The van der Waals surface area contributed by atoms with E-state index in [4.69, 9.17) is 18.0 Å². The number of hydrogen-bond acceptors (Lipinski definition) is 4. The van der Waals surface area contributed by atoms with Gasteiger partial charge in [0.2, 0.25) is 0 Å². The number of hydrogen-bond donors (Lipinski definition) is 0. The Labute approximate surface area is 122 Å². The first kappa shape index (κ1) is 18.9. The number of allylic oxidation sites excluding steroid dienone is 1. The third-order valence-corrected chi connectivity index (χ3v) is 5.56. The highest BCUT2D eigenvalue weighted by Gasteiger charge is 2.28. The minimum absolute atomic E-state index is 0.178. The summed E-state index contributed by atoms with van der Waals surface area (Å²) in [5.41, 5.74) is 1.04. The molecule has 0 aliphatic heterocycles. The molecule has 0 spiro atoms. The van der Waals surface area contributed by atoms with Gasteiger partial charge in [0.1, 0.15) is 0 Å². The summed E-state index contributed by atoms with van der Waals surface area (Å²) in [6.45, 7) is 16.9. The van der Waals surface area contributed by atoms with Crippen LogP contribution in [0.3, 0.4) is 0 Å². The molecular formula is C12H30O4Si3. The van der Waals surface area contributed by atoms with Gasteiger partial charge in [-0.25, -0.2) is 0 Å². The molecule has 7 heteroatoms. The van der Waals surface area contributed by atoms with Crippen molar-refractivity contribution < 1.29 is 18.0 Å². The number of rotatable bonds is 8. The van der Waals surface area contributed by atoms with E-state index in [-0.39, 0.29) is 5.91 Å². The third-order valence-electron chi connectivity index (χ3n) is 1.91. The molecule has 0 saturated heterocycles. The third kappa shape index (κ3) is 10.4. The van der Waals surface area contributed by atoms with Crippen molar-refractivity contribution in [3.63, 3.8) is 0 Å². The van der Waals surface area contributed by atoms with E-state index in [0.29, 0.717) is 5.95 Å². The maximum Gasteiger partial charge on any atom is 0.280 e. The van der Waals surface area contributed by atoms with E-state index < -0.39 is 26.4 Å². The Bertz CT molecular complexity index is 285. The molecule has 0 bridgehead atoms. The summed E-state index contributed by atoms with van der Waals surface area (Å²) in [5.74, 6) is 0.429. The van der Waals surface area contributed by atoms with Gasteiger partial charge in [0, 0.05) is 5.57 Å². The average Bonchev–Trinajstić information content (AvgIpc) is 2.12. The Morgan fingerprint density at radius 2 is 1.32 bits per heavy atom. The van der Waals surface area contributed by atoms with Gasteiger partial charge >= 0.3 is 0 Å². The van der Waals surface area contributed by atoms with Gasteiger partial charge in [0.05, 0.1) is 7.11 Å². The summed E-state index contributed by atoms with van der Waals surface area (Å²) in [5, 5.41) is 0. The summed E-state index contributed by atoms with van der Waals surface area (Å²) in [6.07, 6.45) is 0. The number of methoxy groups -OCH3 is 1. The molecule has 0 aliphatic rings. The Kier molecular flexibility index (Phi) is 7.59. The first-order chi connectivity index (χ1) is 8.44. The van der Waals surface area contributed by atoms with Crippen molar-refractivity contribution in [2.75, 3.05) is 7.11 Å². The van der Waals surface area contributed by atoms with Crippen molar-refractivity contribution >= 4 is 26.4 Å². The fourth-order valence-electron chi connectivity index (χ4n) is 1.43. The Morgan fingerprint density at radius 3 is 1.58 bits per heavy atom. The predicted molar refractivity (Wildman–Crippen MR) is 87.7 cm³/mol. The summed E-state index contributed by atoms with van der Waals surface area (Å²) in [6, 6.07) is 0. The highest BCUT2D eigenvalue weighted by atomic mass is 28.4. The molecule has 0 heterocycles. The van der Waals surface area contributed by atoms with Crippen LogP contribution in [0.4, 0.5) is 0 Å². The van der Waals surface area contributed by atoms with Gasteiger partial charge in [0.25, 0.3) is 15.7 Å². The van der Waals surface area contributed by atoms with E-state index in [0.717, 1.165) is 5.57 Å². The SMILES string of the molecule is COC(O[SiH2]C(O[Si](C)(C)C)O[Si](C)(C)C)=C(C)C. The molecule has 0 fully saturated rings. The van der Waals surface area contributed by atoms with E-state index in [9.17, 15) is 0 Å². The van der Waals surface area contributed by atoms with Crippen molar-refractivity contribution in [1.82, 2.24) is 0 Å². The summed E-state index contributed by atoms with van der Waals surface area (Å²) in [7, 11) is -2.63. The van der Waals surface area contributed by atoms with Crippen molar-refractivity contribution in [3.8, 4) is 0 Å². The minimum Gasteiger partial charge on any atom is -0.519 e. The van der Waals surface area contributed by atoms with Gasteiger partial charge in [-0.3, -0.25) is 0 Å². The summed E-state index contributed by atoms with van der Waals surface area (Å²) >= 11 is 0. The smallest absolute Gasteiger partial charge is 0.280 e. The molecular weight excluding hydrogens is 292 g/mol. The normalized spacial score (nSPS) is 13.2. The van der Waals surface area contributed by atoms with Crippen LogP contribution < -0.4 is 0 Å². The Morgan fingerprint density at radius 1 is 0.895 bits per heavy atom. The van der Waals surface area contributed by atoms with Crippen molar-refractivity contribution in [2.24, 2.45) is 0 Å². The molecule has 0 unspecified atom stereocenters. The summed E-state index contributed by atoms with van der Waals surface area (Å²) in [4.78, 5) is 0. The standard InChI is InChI=1S/C12H30O4Si3/c1-10(2)11(13-3)14-17-12(15-18(4,5)6)16-19(7,8)9/h12H,17H2,1-9H3. The topological polar surface area (TPSA) is 36.9 Å². The lowest BCUT2D eigenvalue weighted by Gasteiger charge is -2.31. The van der Waals surface area contributed by atoms with Crippen LogP contribution in [-0.4, -0.2) is 39.4 Å². The molecule has 114 valence electrons. The van der Waals surface area contributed by atoms with Crippen LogP contribution in [0.5, 0.6) is 0 Å². The molecule has 0 aromatic rings. The molecule has 0 amide bonds. The van der Waals surface area contributed by atoms with Crippen molar-refractivity contribution in [1.29, 1.82) is 0 Å². The summed E-state index contributed by atoms with van der Waals surface area (Å²) < 4.78 is 23.2. The first-order valence-corrected chi connectivity index (χ1v) is 14.9. The zero-order valence-corrected chi connectivity index (χ0v) is 17.3. The highest BCUT2D eigenvalue weighted by molar-refractivity contribution is 6.71. The second kappa shape index (κ2) is 7.63. The van der Waals surface area contributed by atoms with Crippen LogP contribution in [-0.2, 0) is 18.0 Å². The van der Waals surface area contributed by atoms with Gasteiger partial charge in [-0.1, -0.05) is 0 Å². The van der Waals surface area contributed by atoms with Gasteiger partial charge in [-0.05, 0) is 53.1 Å². The fourth-order valence-corrected chi connectivity index (χ4v) is 7.44. The fraction of sp³-hybridized carbons (Fsp3) is 0.833. The lowest BCUT2D eigenvalue weighted by molar-refractivity contribution is 0.0410. The molecule has 0 aromatic carbocycles. The Balaban J connectivity index is 4.64. The molecule has 0 radical (unpaired) electrons. The zero-order chi connectivity index (χ0) is 15.3. The van der Waals surface area contributed by atoms with Gasteiger partial charge in [-0.15, -0.1) is 0 Å². The van der Waals surface area contributed by atoms with Gasteiger partial charge in [-0.2, -0.15) is 0 Å². The van der Waals surface area contributed by atoms with Crippen molar-refractivity contribution in [3.05, 3.63) is 11.5 Å². The monoisotopic (exact) mass is 322 g/mol. The van der Waals surface area contributed by atoms with E-state index in [1.54, 1.807) is 7.11 Å². The molecule has 19 heavy (non-hydrogen) atoms. The van der Waals surface area contributed by atoms with Crippen LogP contribution in [0.1, 0.15) is 13.8 Å². The highest BCUT2D eigenvalue weighted by Crippen LogP contribution is 2.15. The first-order valence-electron chi connectivity index (χ1n) is 6.64. The molecule has 0 aliphatic carbocycles. The van der Waals surface area contributed by atoms with E-state index >= 15 is 0 Å². The maximum atomic E-state index is 6.10. The van der Waals surface area contributed by atoms with E-state index in [1.807, 2.05) is 13.8 Å². The van der Waals surface area contributed by atoms with Gasteiger partial charge in [0.15, 0.2) is 22.5 Å². The van der Waals surface area contributed by atoms with Gasteiger partial charge < -0.3 is 18.0 Å². The van der Waals surface area contributed by atoms with Crippen LogP contribution in [0.25, 0.3) is 0 Å². The Hall–Kier alpha value is -0.0894. The van der Waals surface area contributed by atoms with E-state index in [2.05, 4.69) is 39.3 Å². The molecule has 0 saturated carbocycles. The number of ether oxygens (including phenoxy) is 1. The molecule has 0 aromatic heterocycles. The van der Waals surface area contributed by atoms with Crippen LogP contribution in [0, 0.1) is 0 Å². The molecule has 0 atom stereocenters. The molecule has 4 nitrogen and oxygen atoms in total. The quantitative estimate of drug-likeness (QED) is 0.391. The van der Waals surface area contributed by atoms with Crippen LogP contribution in [0.15, 0.2) is 11.5 Å². The van der Waals surface area contributed by atoms with Crippen LogP contribution >= 0.6 is 0 Å².